The Morgan fingerprint density at radius 1 is 1.09 bits per heavy atom. The number of anilines is 2. The van der Waals surface area contributed by atoms with Crippen molar-refractivity contribution < 1.29 is 9.47 Å². The number of ether oxygens (including phenoxy) is 2. The van der Waals surface area contributed by atoms with Crippen molar-refractivity contribution in [3.63, 3.8) is 0 Å². The number of para-hydroxylation sites is 2. The van der Waals surface area contributed by atoms with Gasteiger partial charge in [0.05, 0.1) is 31.0 Å². The summed E-state index contributed by atoms with van der Waals surface area (Å²) in [4.78, 5) is 10.5. The molecule has 0 aliphatic carbocycles. The van der Waals surface area contributed by atoms with Crippen LogP contribution >= 0.6 is 0 Å². The van der Waals surface area contributed by atoms with E-state index < -0.39 is 5.79 Å². The van der Waals surface area contributed by atoms with Gasteiger partial charge < -0.3 is 30.0 Å². The van der Waals surface area contributed by atoms with Gasteiger partial charge in [0.1, 0.15) is 23.2 Å². The Kier molecular flexibility index (Phi) is 5.03. The smallest absolute Gasteiger partial charge is 0.216 e. The molecule has 0 fully saturated rings. The van der Waals surface area contributed by atoms with E-state index in [1.165, 1.54) is 11.1 Å². The van der Waals surface area contributed by atoms with E-state index >= 15 is 0 Å². The number of hydrogen-bond acceptors (Lipinski definition) is 7. The number of methoxy groups -OCH3 is 2. The number of fused-ring (bicyclic) bond motifs is 2. The van der Waals surface area contributed by atoms with Gasteiger partial charge in [0, 0.05) is 19.3 Å². The number of rotatable bonds is 4. The van der Waals surface area contributed by atoms with Gasteiger partial charge in [-0.15, -0.1) is 0 Å². The Morgan fingerprint density at radius 2 is 1.91 bits per heavy atom. The van der Waals surface area contributed by atoms with Crippen LogP contribution in [0.2, 0.25) is 0 Å². The molecule has 3 heterocycles. The minimum absolute atomic E-state index is 0.642. The highest BCUT2D eigenvalue weighted by Gasteiger charge is 2.37. The first-order valence-corrected chi connectivity index (χ1v) is 10.6. The largest absolute Gasteiger partial charge is 0.496 e. The predicted molar refractivity (Wildman–Crippen MR) is 126 cm³/mol. The van der Waals surface area contributed by atoms with E-state index in [2.05, 4.69) is 39.7 Å². The number of hydrogen-bond donors (Lipinski definition) is 4. The number of amidine groups is 1. The summed E-state index contributed by atoms with van der Waals surface area (Å²) >= 11 is 0. The number of aliphatic imine (C=N–C) groups is 1. The normalized spacial score (nSPS) is 19.9. The Balaban J connectivity index is 1.61. The summed E-state index contributed by atoms with van der Waals surface area (Å²) in [5.74, 6) is 1.65. The van der Waals surface area contributed by atoms with Crippen molar-refractivity contribution >= 4 is 17.3 Å². The van der Waals surface area contributed by atoms with E-state index in [4.69, 9.17) is 20.2 Å². The van der Waals surface area contributed by atoms with Gasteiger partial charge in [-0.1, -0.05) is 12.1 Å². The highest BCUT2D eigenvalue weighted by Crippen LogP contribution is 2.38. The number of likely N-dealkylation sites (N-methyl/N-ethyl adjacent to an activating group) is 1. The van der Waals surface area contributed by atoms with Crippen molar-refractivity contribution in [3.8, 4) is 11.5 Å². The highest BCUT2D eigenvalue weighted by atomic mass is 16.5. The first-order chi connectivity index (χ1) is 15.5. The number of benzene rings is 2. The lowest BCUT2D eigenvalue weighted by atomic mass is 9.93. The Labute approximate surface area is 187 Å². The van der Waals surface area contributed by atoms with Crippen LogP contribution in [0.25, 0.3) is 0 Å². The lowest BCUT2D eigenvalue weighted by Crippen LogP contribution is -2.47. The molecular weight excluding hydrogens is 404 g/mol. The van der Waals surface area contributed by atoms with Crippen LogP contribution in [0.3, 0.4) is 0 Å². The molecule has 0 bridgehead atoms. The zero-order valence-electron chi connectivity index (χ0n) is 18.5. The molecule has 8 heteroatoms. The number of aromatic amines is 1. The molecule has 0 radical (unpaired) electrons. The van der Waals surface area contributed by atoms with E-state index in [1.807, 2.05) is 36.5 Å². The predicted octanol–water partition coefficient (Wildman–Crippen LogP) is 3.07. The van der Waals surface area contributed by atoms with Gasteiger partial charge in [0.2, 0.25) is 5.79 Å². The first kappa shape index (κ1) is 20.4. The Morgan fingerprint density at radius 3 is 2.72 bits per heavy atom. The molecule has 5 N–H and O–H groups in total. The molecule has 0 saturated carbocycles. The fraction of sp³-hybridized carbons (Fsp3) is 0.292. The molecule has 3 aromatic rings. The number of nitrogens with one attached hydrogen (secondary N) is 3. The van der Waals surface area contributed by atoms with E-state index in [0.29, 0.717) is 5.84 Å². The number of nitrogens with zero attached hydrogens (tertiary/aromatic N) is 2. The minimum atomic E-state index is -1.22. The fourth-order valence-electron chi connectivity index (χ4n) is 4.42. The van der Waals surface area contributed by atoms with Crippen molar-refractivity contribution in [2.75, 3.05) is 38.4 Å². The molecule has 0 spiro atoms. The quantitative estimate of drug-likeness (QED) is 0.506. The lowest BCUT2D eigenvalue weighted by molar-refractivity contribution is 0.310. The molecule has 0 saturated heterocycles. The molecular formula is C24H28N6O2. The SMILES string of the molecule is COc1ccccc1NC1=NC(N)(c2cc3c(cc2OC)CCN(C)C3)Nc2[nH]ccc21. The second kappa shape index (κ2) is 7.89. The average molecular weight is 433 g/mol. The van der Waals surface area contributed by atoms with Gasteiger partial charge in [-0.25, -0.2) is 4.99 Å². The maximum Gasteiger partial charge on any atom is 0.216 e. The number of nitrogens with two attached hydrogens (primary N) is 1. The van der Waals surface area contributed by atoms with Crippen molar-refractivity contribution in [1.29, 1.82) is 0 Å². The van der Waals surface area contributed by atoms with Crippen LogP contribution in [0.4, 0.5) is 11.5 Å². The monoisotopic (exact) mass is 432 g/mol. The van der Waals surface area contributed by atoms with E-state index in [0.717, 1.165) is 53.6 Å². The van der Waals surface area contributed by atoms with Crippen molar-refractivity contribution in [1.82, 2.24) is 9.88 Å². The van der Waals surface area contributed by atoms with Gasteiger partial charge in [-0.05, 0) is 54.9 Å². The van der Waals surface area contributed by atoms with E-state index in [-0.39, 0.29) is 0 Å². The molecule has 8 nitrogen and oxygen atoms in total. The lowest BCUT2D eigenvalue weighted by Gasteiger charge is -2.35. The summed E-state index contributed by atoms with van der Waals surface area (Å²) in [5, 5.41) is 6.79. The van der Waals surface area contributed by atoms with Crippen molar-refractivity contribution in [3.05, 3.63) is 70.9 Å². The first-order valence-electron chi connectivity index (χ1n) is 10.6. The van der Waals surface area contributed by atoms with Crippen LogP contribution in [0.5, 0.6) is 11.5 Å². The third-order valence-corrected chi connectivity index (χ3v) is 6.10. The van der Waals surface area contributed by atoms with Crippen molar-refractivity contribution in [2.24, 2.45) is 10.7 Å². The van der Waals surface area contributed by atoms with Gasteiger partial charge in [-0.2, -0.15) is 0 Å². The third-order valence-electron chi connectivity index (χ3n) is 6.10. The van der Waals surface area contributed by atoms with E-state index in [9.17, 15) is 0 Å². The Hall–Kier alpha value is -3.49. The molecule has 2 aliphatic rings. The fourth-order valence-corrected chi connectivity index (χ4v) is 4.42. The Bertz CT molecular complexity index is 1190. The molecule has 32 heavy (non-hydrogen) atoms. The number of aromatic nitrogens is 1. The van der Waals surface area contributed by atoms with Crippen LogP contribution in [0.1, 0.15) is 22.3 Å². The highest BCUT2D eigenvalue weighted by molar-refractivity contribution is 6.13. The summed E-state index contributed by atoms with van der Waals surface area (Å²) in [6.45, 7) is 1.89. The van der Waals surface area contributed by atoms with Crippen LogP contribution in [-0.2, 0) is 18.8 Å². The van der Waals surface area contributed by atoms with Crippen LogP contribution in [-0.4, -0.2) is 43.5 Å². The second-order valence-corrected chi connectivity index (χ2v) is 8.25. The van der Waals surface area contributed by atoms with Gasteiger partial charge in [0.15, 0.2) is 0 Å². The topological polar surface area (TPSA) is 99.9 Å². The van der Waals surface area contributed by atoms with Gasteiger partial charge >= 0.3 is 0 Å². The average Bonchev–Trinajstić information content (AvgIpc) is 3.27. The summed E-state index contributed by atoms with van der Waals surface area (Å²) in [6, 6.07) is 13.9. The summed E-state index contributed by atoms with van der Waals surface area (Å²) in [6.07, 6.45) is 2.85. The maximum absolute atomic E-state index is 6.93. The number of H-pyrrole nitrogens is 1. The van der Waals surface area contributed by atoms with Gasteiger partial charge in [-0.3, -0.25) is 5.73 Å². The summed E-state index contributed by atoms with van der Waals surface area (Å²) in [7, 11) is 5.45. The molecule has 1 aromatic heterocycles. The van der Waals surface area contributed by atoms with E-state index in [1.54, 1.807) is 14.2 Å². The summed E-state index contributed by atoms with van der Waals surface area (Å²) in [5.41, 5.74) is 12.0. The van der Waals surface area contributed by atoms with Crippen LogP contribution < -0.4 is 25.8 Å². The van der Waals surface area contributed by atoms with Crippen LogP contribution in [0, 0.1) is 0 Å². The standard InChI is InChI=1S/C24H28N6O2/c1-30-11-9-15-13-21(32-3)18(12-16(15)14-30)24(25)28-22-17(8-10-26-22)23(29-24)27-19-6-4-5-7-20(19)31-2/h4-8,10,12-13,26,28H,9,11,14,25H2,1-3H3,(H,27,29). The molecule has 166 valence electrons. The zero-order valence-corrected chi connectivity index (χ0v) is 18.5. The van der Waals surface area contributed by atoms with Gasteiger partial charge in [0.25, 0.3) is 0 Å². The molecule has 2 aromatic carbocycles. The third kappa shape index (κ3) is 3.47. The second-order valence-electron chi connectivity index (χ2n) is 8.25. The molecule has 1 atom stereocenters. The molecule has 5 rings (SSSR count). The van der Waals surface area contributed by atoms with Crippen molar-refractivity contribution in [2.45, 2.75) is 18.8 Å². The minimum Gasteiger partial charge on any atom is -0.496 e. The zero-order chi connectivity index (χ0) is 22.3. The molecule has 0 amide bonds. The molecule has 2 aliphatic heterocycles. The van der Waals surface area contributed by atoms with Crippen LogP contribution in [0.15, 0.2) is 53.7 Å². The molecule has 1 unspecified atom stereocenters. The maximum atomic E-state index is 6.93. The summed E-state index contributed by atoms with van der Waals surface area (Å²) < 4.78 is 11.3.